The van der Waals surface area contributed by atoms with Crippen molar-refractivity contribution in [1.29, 1.82) is 0 Å². The minimum Gasteiger partial charge on any atom is -0.333 e. The molecule has 0 radical (unpaired) electrons. The SMILES string of the molecule is CCCCCCCCCCCC(=O)N(CC(=O)N(Cc1ccccc1)Cc1cccs1)CC(C)CC. The Morgan fingerprint density at radius 3 is 2.06 bits per heavy atom. The normalized spacial score (nSPS) is 11.9. The lowest BCUT2D eigenvalue weighted by Crippen LogP contribution is -2.44. The molecule has 0 N–H and O–H groups in total. The number of amides is 2. The molecule has 1 aromatic carbocycles. The quantitative estimate of drug-likeness (QED) is 0.179. The van der Waals surface area contributed by atoms with Crippen molar-refractivity contribution in [3.05, 3.63) is 58.3 Å². The summed E-state index contributed by atoms with van der Waals surface area (Å²) in [6.45, 7) is 8.51. The van der Waals surface area contributed by atoms with Crippen molar-refractivity contribution in [2.24, 2.45) is 5.92 Å². The van der Waals surface area contributed by atoms with Gasteiger partial charge in [-0.2, -0.15) is 0 Å². The van der Waals surface area contributed by atoms with Crippen molar-refractivity contribution < 1.29 is 9.59 Å². The number of carbonyl (C=O) groups is 2. The van der Waals surface area contributed by atoms with Gasteiger partial charge in [-0.25, -0.2) is 0 Å². The number of rotatable bonds is 19. The van der Waals surface area contributed by atoms with E-state index >= 15 is 0 Å². The Morgan fingerprint density at radius 2 is 1.44 bits per heavy atom. The summed E-state index contributed by atoms with van der Waals surface area (Å²) in [5.74, 6) is 0.531. The summed E-state index contributed by atoms with van der Waals surface area (Å²) in [5.41, 5.74) is 1.11. The highest BCUT2D eigenvalue weighted by molar-refractivity contribution is 7.09. The summed E-state index contributed by atoms with van der Waals surface area (Å²) in [7, 11) is 0. The number of hydrogen-bond donors (Lipinski definition) is 0. The first kappa shape index (κ1) is 30.1. The average Bonchev–Trinajstić information content (AvgIpc) is 3.40. The summed E-state index contributed by atoms with van der Waals surface area (Å²) < 4.78 is 0. The molecule has 2 rings (SSSR count). The Kier molecular flexibility index (Phi) is 15.2. The van der Waals surface area contributed by atoms with Crippen LogP contribution in [0.3, 0.4) is 0 Å². The first-order chi connectivity index (χ1) is 17.5. The second-order valence-electron chi connectivity index (χ2n) is 10.2. The van der Waals surface area contributed by atoms with Gasteiger partial charge in [0.1, 0.15) is 0 Å². The van der Waals surface area contributed by atoms with Gasteiger partial charge in [0.2, 0.25) is 11.8 Å². The molecular formula is C31H48N2O2S. The van der Waals surface area contributed by atoms with Crippen molar-refractivity contribution in [3.63, 3.8) is 0 Å². The molecule has 1 unspecified atom stereocenters. The monoisotopic (exact) mass is 512 g/mol. The molecule has 36 heavy (non-hydrogen) atoms. The van der Waals surface area contributed by atoms with Gasteiger partial charge < -0.3 is 9.80 Å². The van der Waals surface area contributed by atoms with Gasteiger partial charge in [0.25, 0.3) is 0 Å². The molecule has 1 aromatic heterocycles. The maximum absolute atomic E-state index is 13.5. The van der Waals surface area contributed by atoms with E-state index in [0.29, 0.717) is 32.0 Å². The molecular weight excluding hydrogens is 464 g/mol. The molecule has 5 heteroatoms. The molecule has 200 valence electrons. The van der Waals surface area contributed by atoms with Crippen LogP contribution in [0.15, 0.2) is 47.8 Å². The van der Waals surface area contributed by atoms with Gasteiger partial charge in [-0.15, -0.1) is 11.3 Å². The fraction of sp³-hybridized carbons (Fsp3) is 0.613. The van der Waals surface area contributed by atoms with Crippen molar-refractivity contribution in [3.8, 4) is 0 Å². The van der Waals surface area contributed by atoms with E-state index in [9.17, 15) is 9.59 Å². The fourth-order valence-corrected chi connectivity index (χ4v) is 5.11. The molecule has 0 saturated heterocycles. The molecule has 0 bridgehead atoms. The first-order valence-electron chi connectivity index (χ1n) is 14.1. The summed E-state index contributed by atoms with van der Waals surface area (Å²) in [6, 6.07) is 14.2. The van der Waals surface area contributed by atoms with E-state index in [-0.39, 0.29) is 18.4 Å². The highest BCUT2D eigenvalue weighted by Crippen LogP contribution is 2.17. The van der Waals surface area contributed by atoms with Crippen LogP contribution < -0.4 is 0 Å². The van der Waals surface area contributed by atoms with Crippen LogP contribution in [0.4, 0.5) is 0 Å². The van der Waals surface area contributed by atoms with E-state index in [4.69, 9.17) is 0 Å². The molecule has 1 heterocycles. The van der Waals surface area contributed by atoms with E-state index in [1.165, 1.54) is 44.9 Å². The molecule has 0 fully saturated rings. The lowest BCUT2D eigenvalue weighted by atomic mass is 10.1. The Morgan fingerprint density at radius 1 is 0.778 bits per heavy atom. The smallest absolute Gasteiger partial charge is 0.242 e. The van der Waals surface area contributed by atoms with Crippen LogP contribution >= 0.6 is 11.3 Å². The van der Waals surface area contributed by atoms with E-state index in [1.807, 2.05) is 39.4 Å². The van der Waals surface area contributed by atoms with Crippen LogP contribution in [0.25, 0.3) is 0 Å². The number of unbranched alkanes of at least 4 members (excludes halogenated alkanes) is 8. The van der Waals surface area contributed by atoms with Crippen molar-refractivity contribution >= 4 is 23.2 Å². The molecule has 4 nitrogen and oxygen atoms in total. The number of nitrogens with zero attached hydrogens (tertiary/aromatic N) is 2. The van der Waals surface area contributed by atoms with E-state index in [2.05, 4.69) is 39.0 Å². The zero-order chi connectivity index (χ0) is 26.0. The molecule has 2 amide bonds. The van der Waals surface area contributed by atoms with Gasteiger partial charge in [-0.3, -0.25) is 9.59 Å². The van der Waals surface area contributed by atoms with Crippen LogP contribution in [0.2, 0.25) is 0 Å². The van der Waals surface area contributed by atoms with E-state index < -0.39 is 0 Å². The standard InChI is InChI=1S/C31H48N2O2S/c1-4-6-7-8-9-10-11-12-16-21-30(34)32(23-27(3)5-2)26-31(35)33(25-29-20-17-22-36-29)24-28-18-14-13-15-19-28/h13-15,17-20,22,27H,4-12,16,21,23-26H2,1-3H3. The highest BCUT2D eigenvalue weighted by atomic mass is 32.1. The van der Waals surface area contributed by atoms with Gasteiger partial charge in [0.05, 0.1) is 13.1 Å². The van der Waals surface area contributed by atoms with Gasteiger partial charge in [0.15, 0.2) is 0 Å². The predicted octanol–water partition coefficient (Wildman–Crippen LogP) is 8.07. The molecule has 0 saturated carbocycles. The Labute approximate surface area is 224 Å². The van der Waals surface area contributed by atoms with Crippen LogP contribution in [0.5, 0.6) is 0 Å². The van der Waals surface area contributed by atoms with Gasteiger partial charge in [-0.05, 0) is 29.3 Å². The predicted molar refractivity (Wildman–Crippen MR) is 153 cm³/mol. The van der Waals surface area contributed by atoms with Crippen LogP contribution in [0.1, 0.15) is 102 Å². The summed E-state index contributed by atoms with van der Waals surface area (Å²) >= 11 is 1.67. The minimum atomic E-state index is 0.0241. The molecule has 0 aliphatic rings. The van der Waals surface area contributed by atoms with Gasteiger partial charge in [-0.1, -0.05) is 115 Å². The number of carbonyl (C=O) groups excluding carboxylic acids is 2. The highest BCUT2D eigenvalue weighted by Gasteiger charge is 2.23. The molecule has 0 spiro atoms. The lowest BCUT2D eigenvalue weighted by Gasteiger charge is -2.29. The largest absolute Gasteiger partial charge is 0.333 e. The fourth-order valence-electron chi connectivity index (χ4n) is 4.39. The molecule has 1 atom stereocenters. The lowest BCUT2D eigenvalue weighted by molar-refractivity contribution is -0.141. The Bertz CT molecular complexity index is 838. The number of benzene rings is 1. The minimum absolute atomic E-state index is 0.0241. The summed E-state index contributed by atoms with van der Waals surface area (Å²) in [5, 5.41) is 2.05. The van der Waals surface area contributed by atoms with Gasteiger partial charge in [0, 0.05) is 24.4 Å². The Balaban J connectivity index is 1.92. The molecule has 0 aliphatic heterocycles. The summed E-state index contributed by atoms with van der Waals surface area (Å²) in [6.07, 6.45) is 12.7. The number of thiophene rings is 1. The zero-order valence-electron chi connectivity index (χ0n) is 22.9. The third kappa shape index (κ3) is 12.2. The Hall–Kier alpha value is -2.14. The maximum Gasteiger partial charge on any atom is 0.242 e. The third-order valence-electron chi connectivity index (χ3n) is 6.90. The van der Waals surface area contributed by atoms with Crippen LogP contribution in [-0.2, 0) is 22.7 Å². The first-order valence-corrected chi connectivity index (χ1v) is 15.0. The maximum atomic E-state index is 13.5. The second-order valence-corrected chi connectivity index (χ2v) is 11.2. The molecule has 2 aromatic rings. The van der Waals surface area contributed by atoms with Crippen molar-refractivity contribution in [2.45, 2.75) is 104 Å². The van der Waals surface area contributed by atoms with E-state index in [0.717, 1.165) is 29.7 Å². The van der Waals surface area contributed by atoms with Crippen LogP contribution in [-0.4, -0.2) is 34.7 Å². The third-order valence-corrected chi connectivity index (χ3v) is 7.76. The topological polar surface area (TPSA) is 40.6 Å². The summed E-state index contributed by atoms with van der Waals surface area (Å²) in [4.78, 5) is 31.6. The zero-order valence-corrected chi connectivity index (χ0v) is 23.7. The molecule has 0 aliphatic carbocycles. The van der Waals surface area contributed by atoms with Crippen molar-refractivity contribution in [1.82, 2.24) is 9.80 Å². The van der Waals surface area contributed by atoms with E-state index in [1.54, 1.807) is 11.3 Å². The van der Waals surface area contributed by atoms with Gasteiger partial charge >= 0.3 is 0 Å². The number of hydrogen-bond acceptors (Lipinski definition) is 3. The van der Waals surface area contributed by atoms with Crippen LogP contribution in [0, 0.1) is 5.92 Å². The second kappa shape index (κ2) is 18.2. The average molecular weight is 513 g/mol. The van der Waals surface area contributed by atoms with Crippen molar-refractivity contribution in [2.75, 3.05) is 13.1 Å².